The van der Waals surface area contributed by atoms with Crippen molar-refractivity contribution in [3.8, 4) is 33.6 Å². The van der Waals surface area contributed by atoms with Crippen LogP contribution in [0.1, 0.15) is 80.8 Å². The van der Waals surface area contributed by atoms with Gasteiger partial charge in [-0.15, -0.1) is 0 Å². The van der Waals surface area contributed by atoms with Crippen LogP contribution < -0.4 is 5.32 Å². The van der Waals surface area contributed by atoms with Gasteiger partial charge in [-0.05, 0) is 79.9 Å². The van der Waals surface area contributed by atoms with E-state index in [-0.39, 0.29) is 40.9 Å². The van der Waals surface area contributed by atoms with Crippen LogP contribution in [0.4, 0.5) is 22.8 Å². The van der Waals surface area contributed by atoms with Gasteiger partial charge in [0.25, 0.3) is 0 Å². The Kier molecular flexibility index (Phi) is 10.4. The number of amides is 4. The molecule has 4 amide bonds. The number of hydrogen-bond donors (Lipinski definition) is 4. The fourth-order valence-electron chi connectivity index (χ4n) is 8.47. The molecule has 58 heavy (non-hydrogen) atoms. The molecular formula is C41H45F3N8O6. The van der Waals surface area contributed by atoms with Crippen LogP contribution in [0.15, 0.2) is 54.7 Å². The molecule has 4 N–H and O–H groups in total. The van der Waals surface area contributed by atoms with Crippen molar-refractivity contribution >= 4 is 24.0 Å². The monoisotopic (exact) mass is 802 g/mol. The third-order valence-electron chi connectivity index (χ3n) is 11.9. The fourth-order valence-corrected chi connectivity index (χ4v) is 8.47. The number of methoxy groups -OCH3 is 1. The van der Waals surface area contributed by atoms with Crippen LogP contribution in [0.5, 0.6) is 0 Å². The van der Waals surface area contributed by atoms with E-state index in [9.17, 15) is 37.5 Å². The molecule has 0 unspecified atom stereocenters. The number of alkyl halides is 3. The van der Waals surface area contributed by atoms with Crippen LogP contribution in [-0.2, 0) is 20.5 Å². The Balaban J connectivity index is 0.972. The van der Waals surface area contributed by atoms with Crippen molar-refractivity contribution < 1.29 is 42.2 Å². The molecule has 2 saturated heterocycles. The molecule has 2 saturated carbocycles. The minimum Gasteiger partial charge on any atom is -0.465 e. The molecule has 306 valence electrons. The van der Waals surface area contributed by atoms with Gasteiger partial charge in [0.15, 0.2) is 0 Å². The molecule has 8 rings (SSSR count). The number of alkyl carbamates (subject to hydrolysis) is 1. The lowest BCUT2D eigenvalue weighted by molar-refractivity contribution is -0.140. The van der Waals surface area contributed by atoms with Gasteiger partial charge in [0.1, 0.15) is 35.1 Å². The van der Waals surface area contributed by atoms with Crippen molar-refractivity contribution in [3.63, 3.8) is 0 Å². The van der Waals surface area contributed by atoms with Gasteiger partial charge in [-0.1, -0.05) is 48.5 Å². The summed E-state index contributed by atoms with van der Waals surface area (Å²) in [5.41, 5.74) is 2.20. The van der Waals surface area contributed by atoms with Crippen molar-refractivity contribution in [2.24, 2.45) is 11.8 Å². The molecule has 4 aliphatic rings. The SMILES string of the molecule is COC(=O)N[C@H](C(=O)N1CCC[C@H]1c1ncc(-c2ccc(-c3ccc(-c4nc([C@@H]5CCCN5C(=O)[C@H](C5CC5)N(C)C(=O)O)[nH]c4C(F)(F)F)cc3)cc2)[nH]1)C1CC1. The number of carbonyl (C=O) groups excluding carboxylic acids is 3. The Bertz CT molecular complexity index is 2180. The van der Waals surface area contributed by atoms with E-state index in [1.165, 1.54) is 19.1 Å². The van der Waals surface area contributed by atoms with Gasteiger partial charge >= 0.3 is 18.4 Å². The highest BCUT2D eigenvalue weighted by molar-refractivity contribution is 5.87. The first-order valence-electron chi connectivity index (χ1n) is 19.7. The number of H-pyrrole nitrogens is 2. The second-order valence-electron chi connectivity index (χ2n) is 15.7. The standard InChI is InChI=1S/C41H45F3N8O6/c1-50(40(56)57)33(27-17-18-27)38(54)52-20-4-6-30(52)36-47-31(34(49-36)41(42,43)44)25-13-9-23(10-14-25)22-7-11-24(12-8-22)28-21-45-35(46-28)29-5-3-19-51(29)37(53)32(26-15-16-26)48-39(55)58-2/h7-14,21,26-27,29-30,32-33H,3-6,15-20H2,1-2H3,(H,45,46)(H,47,49)(H,48,55)(H,56,57)/t29-,30-,32-,33-/m0/s1. The van der Waals surface area contributed by atoms with Crippen molar-refractivity contribution in [2.45, 2.75) is 81.7 Å². The third-order valence-corrected chi connectivity index (χ3v) is 11.9. The van der Waals surface area contributed by atoms with E-state index in [1.54, 1.807) is 35.4 Å². The second-order valence-corrected chi connectivity index (χ2v) is 15.7. The van der Waals surface area contributed by atoms with E-state index in [1.807, 2.05) is 24.3 Å². The summed E-state index contributed by atoms with van der Waals surface area (Å²) in [4.78, 5) is 70.2. The summed E-state index contributed by atoms with van der Waals surface area (Å²) in [5.74, 6) is 0.115. The normalized spacial score (nSPS) is 20.5. The predicted octanol–water partition coefficient (Wildman–Crippen LogP) is 7.00. The number of imidazole rings is 2. The first kappa shape index (κ1) is 39.0. The number of benzene rings is 2. The number of aromatic nitrogens is 4. The highest BCUT2D eigenvalue weighted by atomic mass is 19.4. The zero-order valence-corrected chi connectivity index (χ0v) is 32.1. The molecular weight excluding hydrogens is 757 g/mol. The molecule has 0 spiro atoms. The Labute approximate surface area is 332 Å². The number of likely N-dealkylation sites (tertiary alicyclic amines) is 2. The second kappa shape index (κ2) is 15.5. The third kappa shape index (κ3) is 7.73. The molecule has 4 aromatic rings. The van der Waals surface area contributed by atoms with Crippen LogP contribution in [0.3, 0.4) is 0 Å². The molecule has 14 nitrogen and oxygen atoms in total. The van der Waals surface area contributed by atoms with Gasteiger partial charge in [0.05, 0.1) is 31.1 Å². The van der Waals surface area contributed by atoms with E-state index in [2.05, 4.69) is 25.3 Å². The quantitative estimate of drug-likeness (QED) is 0.125. The highest BCUT2D eigenvalue weighted by Gasteiger charge is 2.47. The van der Waals surface area contributed by atoms with Crippen molar-refractivity contribution in [3.05, 3.63) is 72.1 Å². The summed E-state index contributed by atoms with van der Waals surface area (Å²) in [6.45, 7) is 0.859. The summed E-state index contributed by atoms with van der Waals surface area (Å²) >= 11 is 0. The van der Waals surface area contributed by atoms with Crippen LogP contribution in [0, 0.1) is 11.8 Å². The molecule has 0 bridgehead atoms. The van der Waals surface area contributed by atoms with Crippen molar-refractivity contribution in [1.29, 1.82) is 0 Å². The minimum absolute atomic E-state index is 0.0209. The van der Waals surface area contributed by atoms with Crippen LogP contribution in [0.2, 0.25) is 0 Å². The zero-order chi connectivity index (χ0) is 40.9. The average molecular weight is 803 g/mol. The first-order chi connectivity index (χ1) is 27.8. The lowest BCUT2D eigenvalue weighted by Crippen LogP contribution is -2.50. The number of nitrogens with zero attached hydrogens (tertiary/aromatic N) is 5. The Morgan fingerprint density at radius 2 is 1.36 bits per heavy atom. The van der Waals surface area contributed by atoms with E-state index in [0.717, 1.165) is 53.0 Å². The number of carboxylic acid groups (broad SMARTS) is 1. The van der Waals surface area contributed by atoms with Gasteiger partial charge in [0.2, 0.25) is 11.8 Å². The summed E-state index contributed by atoms with van der Waals surface area (Å²) in [7, 11) is 2.63. The Morgan fingerprint density at radius 3 is 1.91 bits per heavy atom. The maximum absolute atomic E-state index is 14.4. The minimum atomic E-state index is -4.75. The Hall–Kier alpha value is -5.87. The Morgan fingerprint density at radius 1 is 0.810 bits per heavy atom. The number of nitrogens with one attached hydrogen (secondary N) is 3. The van der Waals surface area contributed by atoms with Crippen LogP contribution >= 0.6 is 0 Å². The summed E-state index contributed by atoms with van der Waals surface area (Å²) in [6.07, 6.45) is 0.780. The summed E-state index contributed by atoms with van der Waals surface area (Å²) in [6, 6.07) is 11.8. The first-order valence-corrected chi connectivity index (χ1v) is 19.7. The average Bonchev–Trinajstić information content (AvgIpc) is 3.94. The number of aromatic amines is 2. The molecule has 0 radical (unpaired) electrons. The lowest BCUT2D eigenvalue weighted by Gasteiger charge is -2.31. The number of likely N-dealkylation sites (N-methyl/N-ethyl adjacent to an activating group) is 1. The smallest absolute Gasteiger partial charge is 0.433 e. The molecule has 2 aliphatic carbocycles. The van der Waals surface area contributed by atoms with E-state index in [0.29, 0.717) is 44.6 Å². The van der Waals surface area contributed by atoms with Crippen molar-refractivity contribution in [2.75, 3.05) is 27.2 Å². The lowest BCUT2D eigenvalue weighted by atomic mass is 10.0. The number of rotatable bonds is 11. The van der Waals surface area contributed by atoms with E-state index in [4.69, 9.17) is 4.74 Å². The number of ether oxygens (including phenoxy) is 1. The molecule has 2 aromatic carbocycles. The number of halogens is 3. The van der Waals surface area contributed by atoms with Gasteiger partial charge in [-0.25, -0.2) is 19.6 Å². The summed E-state index contributed by atoms with van der Waals surface area (Å²) < 4.78 is 48.1. The molecule has 4 heterocycles. The van der Waals surface area contributed by atoms with Gasteiger partial charge in [0, 0.05) is 25.7 Å². The maximum Gasteiger partial charge on any atom is 0.433 e. The topological polar surface area (TPSA) is 177 Å². The van der Waals surface area contributed by atoms with Gasteiger partial charge < -0.3 is 34.9 Å². The maximum atomic E-state index is 14.4. The molecule has 4 fully saturated rings. The van der Waals surface area contributed by atoms with Gasteiger partial charge in [-0.2, -0.15) is 13.2 Å². The molecule has 2 aliphatic heterocycles. The molecule has 2 aromatic heterocycles. The molecule has 4 atom stereocenters. The zero-order valence-electron chi connectivity index (χ0n) is 32.1. The predicted molar refractivity (Wildman–Crippen MR) is 204 cm³/mol. The van der Waals surface area contributed by atoms with Crippen LogP contribution in [-0.4, -0.2) is 103 Å². The van der Waals surface area contributed by atoms with E-state index >= 15 is 0 Å². The number of carbonyl (C=O) groups is 4. The van der Waals surface area contributed by atoms with Gasteiger partial charge in [-0.3, -0.25) is 14.5 Å². The van der Waals surface area contributed by atoms with Crippen molar-refractivity contribution in [1.82, 2.24) is 40.0 Å². The van der Waals surface area contributed by atoms with E-state index < -0.39 is 48.1 Å². The largest absolute Gasteiger partial charge is 0.465 e. The number of hydrogen-bond acceptors (Lipinski definition) is 7. The highest BCUT2D eigenvalue weighted by Crippen LogP contribution is 2.43. The fraction of sp³-hybridized carbons (Fsp3) is 0.463. The van der Waals surface area contributed by atoms with Crippen LogP contribution in [0.25, 0.3) is 33.6 Å². The molecule has 17 heteroatoms. The summed E-state index contributed by atoms with van der Waals surface area (Å²) in [5, 5.41) is 12.3.